The van der Waals surface area contributed by atoms with Gasteiger partial charge in [-0.1, -0.05) is 18.2 Å². The number of ether oxygens (including phenoxy) is 2. The van der Waals surface area contributed by atoms with Crippen LogP contribution in [0.5, 0.6) is 11.5 Å². The molecule has 148 valence electrons. The van der Waals surface area contributed by atoms with Gasteiger partial charge in [-0.3, -0.25) is 0 Å². The Hall–Kier alpha value is -2.09. The molecule has 27 heavy (non-hydrogen) atoms. The molecule has 0 fully saturated rings. The Morgan fingerprint density at radius 2 is 1.63 bits per heavy atom. The lowest BCUT2D eigenvalue weighted by atomic mass is 9.99. The van der Waals surface area contributed by atoms with Crippen molar-refractivity contribution in [2.75, 3.05) is 48.5 Å². The molecule has 0 radical (unpaired) electrons. The molecular weight excluding hydrogens is 364 g/mol. The Labute approximate surface area is 162 Å². The van der Waals surface area contributed by atoms with Crippen LogP contribution >= 0.6 is 0 Å². The topological polar surface area (TPSA) is 59.1 Å². The van der Waals surface area contributed by atoms with E-state index >= 15 is 0 Å². The molecule has 0 aromatic heterocycles. The van der Waals surface area contributed by atoms with Crippen LogP contribution in [0.3, 0.4) is 0 Å². The van der Waals surface area contributed by atoms with E-state index in [1.54, 1.807) is 33.4 Å². The van der Waals surface area contributed by atoms with Crippen LogP contribution in [-0.4, -0.2) is 66.1 Å². The lowest BCUT2D eigenvalue weighted by Gasteiger charge is -2.20. The minimum atomic E-state index is -3.53. The summed E-state index contributed by atoms with van der Waals surface area (Å²) in [4.78, 5) is 2.24. The largest absolute Gasteiger partial charge is 0.493 e. The SMILES string of the molecule is COc1cccc(-c2ccc(S(=O)(=O)N(C)CCN(C)C)cc2C)c1OC. The third-order valence-corrected chi connectivity index (χ3v) is 6.31. The average Bonchev–Trinajstić information content (AvgIpc) is 2.64. The zero-order chi connectivity index (χ0) is 20.2. The van der Waals surface area contributed by atoms with E-state index < -0.39 is 10.0 Å². The first-order valence-electron chi connectivity index (χ1n) is 8.65. The van der Waals surface area contributed by atoms with Gasteiger partial charge in [0.25, 0.3) is 0 Å². The van der Waals surface area contributed by atoms with E-state index in [2.05, 4.69) is 0 Å². The molecular formula is C20H28N2O4S. The van der Waals surface area contributed by atoms with E-state index in [-0.39, 0.29) is 4.90 Å². The predicted molar refractivity (Wildman–Crippen MR) is 108 cm³/mol. The predicted octanol–water partition coefficient (Wildman–Crippen LogP) is 2.86. The van der Waals surface area contributed by atoms with Crippen molar-refractivity contribution < 1.29 is 17.9 Å². The van der Waals surface area contributed by atoms with Gasteiger partial charge in [0.2, 0.25) is 10.0 Å². The molecule has 0 aliphatic heterocycles. The number of para-hydroxylation sites is 1. The number of methoxy groups -OCH3 is 2. The zero-order valence-electron chi connectivity index (χ0n) is 16.8. The van der Waals surface area contributed by atoms with Crippen LogP contribution in [0.4, 0.5) is 0 Å². The maximum absolute atomic E-state index is 12.8. The van der Waals surface area contributed by atoms with Crippen molar-refractivity contribution in [3.63, 3.8) is 0 Å². The Morgan fingerprint density at radius 3 is 2.19 bits per heavy atom. The summed E-state index contributed by atoms with van der Waals surface area (Å²) >= 11 is 0. The van der Waals surface area contributed by atoms with Gasteiger partial charge in [-0.05, 0) is 50.3 Å². The van der Waals surface area contributed by atoms with Crippen LogP contribution in [0.15, 0.2) is 41.3 Å². The molecule has 2 rings (SSSR count). The average molecular weight is 393 g/mol. The number of sulfonamides is 1. The Morgan fingerprint density at radius 1 is 0.926 bits per heavy atom. The van der Waals surface area contributed by atoms with Crippen LogP contribution < -0.4 is 9.47 Å². The summed E-state index contributed by atoms with van der Waals surface area (Å²) in [6.45, 7) is 2.99. The number of rotatable bonds is 8. The molecule has 6 nitrogen and oxygen atoms in total. The molecule has 0 saturated heterocycles. The van der Waals surface area contributed by atoms with Crippen LogP contribution in [0.2, 0.25) is 0 Å². The third-order valence-electron chi connectivity index (χ3n) is 4.46. The van der Waals surface area contributed by atoms with Crippen LogP contribution in [0.1, 0.15) is 5.56 Å². The summed E-state index contributed by atoms with van der Waals surface area (Å²) in [7, 11) is 5.09. The minimum absolute atomic E-state index is 0.284. The van der Waals surface area contributed by atoms with Gasteiger partial charge in [-0.2, -0.15) is 4.31 Å². The quantitative estimate of drug-likeness (QED) is 0.691. The molecule has 7 heteroatoms. The van der Waals surface area contributed by atoms with Crippen molar-refractivity contribution in [2.24, 2.45) is 0 Å². The number of benzene rings is 2. The standard InChI is InChI=1S/C20H28N2O4S/c1-15-14-16(27(23,24)22(4)13-12-21(2)3)10-11-17(15)18-8-7-9-19(25-5)20(18)26-6/h7-11,14H,12-13H2,1-6H3. The summed E-state index contributed by atoms with van der Waals surface area (Å²) in [6.07, 6.45) is 0. The summed E-state index contributed by atoms with van der Waals surface area (Å²) < 4.78 is 37.9. The van der Waals surface area contributed by atoms with E-state index in [1.165, 1.54) is 4.31 Å². The number of nitrogens with zero attached hydrogens (tertiary/aromatic N) is 2. The van der Waals surface area contributed by atoms with E-state index in [4.69, 9.17) is 9.47 Å². The molecule has 2 aromatic carbocycles. The minimum Gasteiger partial charge on any atom is -0.493 e. The number of aryl methyl sites for hydroxylation is 1. The van der Waals surface area contributed by atoms with Crippen LogP contribution in [-0.2, 0) is 10.0 Å². The molecule has 0 amide bonds. The third kappa shape index (κ3) is 4.61. The van der Waals surface area contributed by atoms with Crippen molar-refractivity contribution in [3.05, 3.63) is 42.0 Å². The number of hydrogen-bond acceptors (Lipinski definition) is 5. The second kappa shape index (κ2) is 8.73. The van der Waals surface area contributed by atoms with Crippen molar-refractivity contribution >= 4 is 10.0 Å². The maximum atomic E-state index is 12.8. The van der Waals surface area contributed by atoms with Gasteiger partial charge < -0.3 is 14.4 Å². The molecule has 0 aliphatic carbocycles. The van der Waals surface area contributed by atoms with Crippen LogP contribution in [0.25, 0.3) is 11.1 Å². The highest BCUT2D eigenvalue weighted by Gasteiger charge is 2.22. The van der Waals surface area contributed by atoms with Crippen LogP contribution in [0, 0.1) is 6.92 Å². The normalized spacial score (nSPS) is 11.9. The van der Waals surface area contributed by atoms with Crippen molar-refractivity contribution in [1.29, 1.82) is 0 Å². The zero-order valence-corrected chi connectivity index (χ0v) is 17.6. The smallest absolute Gasteiger partial charge is 0.242 e. The van der Waals surface area contributed by atoms with Gasteiger partial charge >= 0.3 is 0 Å². The molecule has 0 unspecified atom stereocenters. The molecule has 0 aliphatic rings. The number of hydrogen-bond donors (Lipinski definition) is 0. The first-order chi connectivity index (χ1) is 12.7. The first-order valence-corrected chi connectivity index (χ1v) is 10.1. The lowest BCUT2D eigenvalue weighted by molar-refractivity contribution is 0.356. The highest BCUT2D eigenvalue weighted by atomic mass is 32.2. The van der Waals surface area contributed by atoms with E-state index in [1.807, 2.05) is 50.2 Å². The molecule has 0 N–H and O–H groups in total. The highest BCUT2D eigenvalue weighted by Crippen LogP contribution is 2.39. The maximum Gasteiger partial charge on any atom is 0.242 e. The second-order valence-electron chi connectivity index (χ2n) is 6.65. The molecule has 0 saturated carbocycles. The Balaban J connectivity index is 2.42. The summed E-state index contributed by atoms with van der Waals surface area (Å²) in [6, 6.07) is 10.8. The summed E-state index contributed by atoms with van der Waals surface area (Å²) in [5.41, 5.74) is 2.61. The van der Waals surface area contributed by atoms with Gasteiger partial charge in [-0.25, -0.2) is 8.42 Å². The van der Waals surface area contributed by atoms with Crippen molar-refractivity contribution in [1.82, 2.24) is 9.21 Å². The van der Waals surface area contributed by atoms with E-state index in [0.717, 1.165) is 16.7 Å². The molecule has 2 aromatic rings. The molecule has 0 spiro atoms. The Bertz CT molecular complexity index is 895. The monoisotopic (exact) mass is 392 g/mol. The summed E-state index contributed by atoms with van der Waals surface area (Å²) in [5, 5.41) is 0. The van der Waals surface area contributed by atoms with Gasteiger partial charge in [0.15, 0.2) is 11.5 Å². The number of likely N-dealkylation sites (N-methyl/N-ethyl adjacent to an activating group) is 2. The Kier molecular flexibility index (Phi) is 6.86. The molecule has 0 bridgehead atoms. The van der Waals surface area contributed by atoms with Gasteiger partial charge in [-0.15, -0.1) is 0 Å². The van der Waals surface area contributed by atoms with Crippen molar-refractivity contribution in [3.8, 4) is 22.6 Å². The van der Waals surface area contributed by atoms with Gasteiger partial charge in [0.1, 0.15) is 0 Å². The second-order valence-corrected chi connectivity index (χ2v) is 8.69. The molecule has 0 atom stereocenters. The highest BCUT2D eigenvalue weighted by molar-refractivity contribution is 7.89. The fraction of sp³-hybridized carbons (Fsp3) is 0.400. The first kappa shape index (κ1) is 21.2. The van der Waals surface area contributed by atoms with Gasteiger partial charge in [0, 0.05) is 25.7 Å². The molecule has 0 heterocycles. The van der Waals surface area contributed by atoms with E-state index in [0.29, 0.717) is 24.6 Å². The summed E-state index contributed by atoms with van der Waals surface area (Å²) in [5.74, 6) is 1.26. The lowest BCUT2D eigenvalue weighted by Crippen LogP contribution is -2.33. The fourth-order valence-corrected chi connectivity index (χ4v) is 4.09. The fourth-order valence-electron chi connectivity index (χ4n) is 2.84. The van der Waals surface area contributed by atoms with Crippen molar-refractivity contribution in [2.45, 2.75) is 11.8 Å². The van der Waals surface area contributed by atoms with E-state index in [9.17, 15) is 8.42 Å². The van der Waals surface area contributed by atoms with Gasteiger partial charge in [0.05, 0.1) is 19.1 Å².